The van der Waals surface area contributed by atoms with Gasteiger partial charge in [-0.3, -0.25) is 9.59 Å². The molecule has 3 nitrogen and oxygen atoms in total. The monoisotopic (exact) mass is 498 g/mol. The lowest BCUT2D eigenvalue weighted by atomic mass is 10.0. The summed E-state index contributed by atoms with van der Waals surface area (Å²) in [6.45, 7) is 5.43. The standard InChI is InChI=1S/C30H26O3S2/c1-21-9-19-27(20-10-21)35(33)30(2,3)29(32)24-13-17-26(18-14-24)34-25-15-11-23(12-16-25)28(31)22-7-5-4-6-8-22/h4-20H,1-3H3. The van der Waals surface area contributed by atoms with Gasteiger partial charge in [-0.05, 0) is 80.5 Å². The van der Waals surface area contributed by atoms with Gasteiger partial charge in [-0.2, -0.15) is 0 Å². The quantitative estimate of drug-likeness (QED) is 0.191. The van der Waals surface area contributed by atoms with Crippen LogP contribution in [-0.2, 0) is 11.2 Å². The molecular weight excluding hydrogens is 472 g/mol. The fourth-order valence-corrected chi connectivity index (χ4v) is 5.70. The molecule has 1 atom stereocenters. The van der Waals surface area contributed by atoms with E-state index in [0.29, 0.717) is 21.6 Å². The molecule has 0 saturated carbocycles. The normalized spacial score (nSPS) is 12.2. The molecule has 0 aromatic heterocycles. The van der Waals surface area contributed by atoms with E-state index in [0.717, 1.165) is 15.4 Å². The predicted molar refractivity (Wildman–Crippen MR) is 143 cm³/mol. The first kappa shape index (κ1) is 25.0. The number of Topliss-reactive ketones (excluding diaryl/α,β-unsaturated/α-hetero) is 1. The minimum Gasteiger partial charge on any atom is -0.611 e. The molecule has 4 aromatic carbocycles. The summed E-state index contributed by atoms with van der Waals surface area (Å²) in [4.78, 5) is 28.4. The molecule has 0 aliphatic carbocycles. The van der Waals surface area contributed by atoms with Crippen LogP contribution in [0.15, 0.2) is 118 Å². The summed E-state index contributed by atoms with van der Waals surface area (Å²) >= 11 is 0.0817. The molecule has 0 saturated heterocycles. The van der Waals surface area contributed by atoms with Crippen molar-refractivity contribution in [3.8, 4) is 0 Å². The predicted octanol–water partition coefficient (Wildman–Crippen LogP) is 7.15. The lowest BCUT2D eigenvalue weighted by molar-refractivity contribution is 0.0952. The Morgan fingerprint density at radius 3 is 1.71 bits per heavy atom. The summed E-state index contributed by atoms with van der Waals surface area (Å²) in [5.74, 6) is -0.160. The topological polar surface area (TPSA) is 57.2 Å². The van der Waals surface area contributed by atoms with Crippen LogP contribution < -0.4 is 0 Å². The molecule has 0 fully saturated rings. The Hall–Kier alpha value is -3.12. The van der Waals surface area contributed by atoms with Crippen molar-refractivity contribution >= 4 is 34.5 Å². The van der Waals surface area contributed by atoms with Crippen molar-refractivity contribution in [3.63, 3.8) is 0 Å². The van der Waals surface area contributed by atoms with E-state index >= 15 is 0 Å². The van der Waals surface area contributed by atoms with Crippen molar-refractivity contribution < 1.29 is 14.1 Å². The number of carbonyl (C=O) groups is 2. The van der Waals surface area contributed by atoms with Crippen molar-refractivity contribution in [3.05, 3.63) is 125 Å². The third kappa shape index (κ3) is 5.76. The number of aryl methyl sites for hydroxylation is 1. The van der Waals surface area contributed by atoms with Gasteiger partial charge in [0, 0.05) is 26.5 Å². The average molecular weight is 499 g/mol. The molecule has 0 heterocycles. The molecule has 0 amide bonds. The van der Waals surface area contributed by atoms with Gasteiger partial charge in [0.05, 0.1) is 0 Å². The van der Waals surface area contributed by atoms with Crippen LogP contribution in [0.3, 0.4) is 0 Å². The van der Waals surface area contributed by atoms with Gasteiger partial charge in [-0.25, -0.2) is 0 Å². The number of rotatable bonds is 8. The van der Waals surface area contributed by atoms with Gasteiger partial charge >= 0.3 is 0 Å². The van der Waals surface area contributed by atoms with E-state index < -0.39 is 15.9 Å². The SMILES string of the molecule is Cc1ccc([S+]([O-])C(C)(C)C(=O)c2ccc(Sc3ccc(C(=O)c4ccccc4)cc3)cc2)cc1. The molecule has 0 radical (unpaired) electrons. The van der Waals surface area contributed by atoms with Crippen molar-refractivity contribution in [2.45, 2.75) is 40.2 Å². The number of hydrogen-bond acceptors (Lipinski definition) is 4. The summed E-state index contributed by atoms with van der Waals surface area (Å²) in [7, 11) is 0. The maximum absolute atomic E-state index is 13.2. The Bertz CT molecular complexity index is 1310. The Morgan fingerprint density at radius 1 is 0.686 bits per heavy atom. The Balaban J connectivity index is 1.43. The number of carbonyl (C=O) groups excluding carboxylic acids is 2. The summed E-state index contributed by atoms with van der Waals surface area (Å²) in [5.41, 5.74) is 2.92. The van der Waals surface area contributed by atoms with E-state index in [1.54, 1.807) is 37.7 Å². The van der Waals surface area contributed by atoms with E-state index in [-0.39, 0.29) is 11.6 Å². The largest absolute Gasteiger partial charge is 0.611 e. The van der Waals surface area contributed by atoms with Gasteiger partial charge in [0.25, 0.3) is 0 Å². The van der Waals surface area contributed by atoms with Crippen molar-refractivity contribution in [1.29, 1.82) is 0 Å². The van der Waals surface area contributed by atoms with Crippen LogP contribution in [0.1, 0.15) is 45.7 Å². The van der Waals surface area contributed by atoms with Gasteiger partial charge in [-0.15, -0.1) is 0 Å². The molecule has 0 spiro atoms. The summed E-state index contributed by atoms with van der Waals surface area (Å²) in [5, 5.41) is 0. The average Bonchev–Trinajstić information content (AvgIpc) is 2.89. The fourth-order valence-electron chi connectivity index (χ4n) is 3.63. The van der Waals surface area contributed by atoms with Crippen LogP contribution in [0.4, 0.5) is 0 Å². The van der Waals surface area contributed by atoms with Crippen molar-refractivity contribution in [2.24, 2.45) is 0 Å². The zero-order valence-corrected chi connectivity index (χ0v) is 21.5. The van der Waals surface area contributed by atoms with Crippen LogP contribution in [0.25, 0.3) is 0 Å². The molecule has 5 heteroatoms. The lowest BCUT2D eigenvalue weighted by Crippen LogP contribution is -2.40. The summed E-state index contributed by atoms with van der Waals surface area (Å²) < 4.78 is 12.1. The highest BCUT2D eigenvalue weighted by atomic mass is 32.2. The number of hydrogen-bond donors (Lipinski definition) is 0. The van der Waals surface area contributed by atoms with Crippen LogP contribution in [0.5, 0.6) is 0 Å². The minimum absolute atomic E-state index is 0.00402. The molecule has 0 aliphatic rings. The first-order valence-electron chi connectivity index (χ1n) is 11.3. The third-order valence-electron chi connectivity index (χ3n) is 5.75. The van der Waals surface area contributed by atoms with Crippen LogP contribution in [0.2, 0.25) is 0 Å². The first-order valence-corrected chi connectivity index (χ1v) is 13.2. The molecule has 4 rings (SSSR count). The highest BCUT2D eigenvalue weighted by Crippen LogP contribution is 2.32. The Morgan fingerprint density at radius 2 is 1.17 bits per heavy atom. The van der Waals surface area contributed by atoms with E-state index in [4.69, 9.17) is 0 Å². The molecule has 176 valence electrons. The highest BCUT2D eigenvalue weighted by Gasteiger charge is 2.41. The van der Waals surface area contributed by atoms with Gasteiger partial charge in [0.2, 0.25) is 5.78 Å². The van der Waals surface area contributed by atoms with Crippen LogP contribution >= 0.6 is 11.8 Å². The second-order valence-corrected chi connectivity index (χ2v) is 11.9. The zero-order valence-electron chi connectivity index (χ0n) is 19.9. The van der Waals surface area contributed by atoms with Crippen molar-refractivity contribution in [1.82, 2.24) is 0 Å². The molecule has 35 heavy (non-hydrogen) atoms. The van der Waals surface area contributed by atoms with Gasteiger partial charge in [0.1, 0.15) is 0 Å². The number of ketones is 2. The van der Waals surface area contributed by atoms with Crippen LogP contribution in [0, 0.1) is 6.92 Å². The second kappa shape index (κ2) is 10.6. The maximum atomic E-state index is 13.2. The van der Waals surface area contributed by atoms with Crippen LogP contribution in [-0.4, -0.2) is 20.9 Å². The Labute approximate surface area is 213 Å². The van der Waals surface area contributed by atoms with E-state index in [1.165, 1.54) is 0 Å². The van der Waals surface area contributed by atoms with Gasteiger partial charge in [-0.1, -0.05) is 71.9 Å². The molecule has 0 aliphatic heterocycles. The van der Waals surface area contributed by atoms with E-state index in [2.05, 4.69) is 0 Å². The summed E-state index contributed by atoms with van der Waals surface area (Å²) in [6, 6.07) is 31.5. The highest BCUT2D eigenvalue weighted by molar-refractivity contribution is 7.99. The minimum atomic E-state index is -1.47. The Kier molecular flexibility index (Phi) is 7.60. The smallest absolute Gasteiger partial charge is 0.217 e. The van der Waals surface area contributed by atoms with E-state index in [9.17, 15) is 14.1 Å². The third-order valence-corrected chi connectivity index (χ3v) is 8.58. The van der Waals surface area contributed by atoms with Gasteiger partial charge in [0.15, 0.2) is 15.4 Å². The first-order chi connectivity index (χ1) is 16.8. The molecule has 0 bridgehead atoms. The number of benzene rings is 4. The van der Waals surface area contributed by atoms with E-state index in [1.807, 2.05) is 97.9 Å². The van der Waals surface area contributed by atoms with Gasteiger partial charge < -0.3 is 4.55 Å². The lowest BCUT2D eigenvalue weighted by Gasteiger charge is -2.27. The maximum Gasteiger partial charge on any atom is 0.217 e. The molecular formula is C30H26O3S2. The molecule has 0 N–H and O–H groups in total. The second-order valence-electron chi connectivity index (χ2n) is 8.77. The summed E-state index contributed by atoms with van der Waals surface area (Å²) in [6.07, 6.45) is 0. The fraction of sp³-hybridized carbons (Fsp3) is 0.133. The molecule has 1 unspecified atom stereocenters. The molecule has 4 aromatic rings. The van der Waals surface area contributed by atoms with Crippen molar-refractivity contribution in [2.75, 3.05) is 0 Å². The zero-order chi connectivity index (χ0) is 25.0.